The topological polar surface area (TPSA) is 51.8 Å². The van der Waals surface area contributed by atoms with Crippen LogP contribution in [0.1, 0.15) is 31.9 Å². The maximum Gasteiger partial charge on any atom is 0.420 e. The molecule has 0 bridgehead atoms. The van der Waals surface area contributed by atoms with E-state index in [-0.39, 0.29) is 5.56 Å². The summed E-state index contributed by atoms with van der Waals surface area (Å²) < 4.78 is 38.1. The van der Waals surface area contributed by atoms with Crippen molar-refractivity contribution >= 4 is 5.82 Å². The number of aromatic nitrogens is 2. The van der Waals surface area contributed by atoms with Gasteiger partial charge in [0.2, 0.25) is 0 Å². The molecule has 15 heavy (non-hydrogen) atoms. The van der Waals surface area contributed by atoms with E-state index in [9.17, 15) is 13.2 Å². The Morgan fingerprint density at radius 2 is 1.73 bits per heavy atom. The van der Waals surface area contributed by atoms with Crippen molar-refractivity contribution in [1.29, 1.82) is 0 Å². The number of hydrogen-bond donors (Lipinski definition) is 1. The van der Waals surface area contributed by atoms with E-state index in [1.54, 1.807) is 20.8 Å². The van der Waals surface area contributed by atoms with Crippen LogP contribution in [0, 0.1) is 0 Å². The van der Waals surface area contributed by atoms with E-state index in [0.29, 0.717) is 0 Å². The number of nitrogens with zero attached hydrogens (tertiary/aromatic N) is 2. The first-order valence-electron chi connectivity index (χ1n) is 4.33. The minimum Gasteiger partial charge on any atom is -0.382 e. The van der Waals surface area contributed by atoms with E-state index < -0.39 is 23.0 Å². The van der Waals surface area contributed by atoms with Crippen molar-refractivity contribution in [3.63, 3.8) is 0 Å². The summed E-state index contributed by atoms with van der Waals surface area (Å²) >= 11 is 0. The second-order valence-electron chi connectivity index (χ2n) is 4.27. The second kappa shape index (κ2) is 3.36. The second-order valence-corrected chi connectivity index (χ2v) is 4.27. The Balaban J connectivity index is 3.48. The van der Waals surface area contributed by atoms with Crippen LogP contribution >= 0.6 is 0 Å². The largest absolute Gasteiger partial charge is 0.420 e. The zero-order valence-corrected chi connectivity index (χ0v) is 8.68. The van der Waals surface area contributed by atoms with Gasteiger partial charge in [0.25, 0.3) is 0 Å². The number of alkyl halides is 3. The summed E-state index contributed by atoms with van der Waals surface area (Å²) in [7, 11) is 0. The van der Waals surface area contributed by atoms with Crippen molar-refractivity contribution in [2.45, 2.75) is 32.4 Å². The molecule has 84 valence electrons. The Bertz CT molecular complexity index is 366. The van der Waals surface area contributed by atoms with Crippen molar-refractivity contribution in [3.05, 3.63) is 17.3 Å². The van der Waals surface area contributed by atoms with E-state index in [2.05, 4.69) is 10.2 Å². The summed E-state index contributed by atoms with van der Waals surface area (Å²) in [4.78, 5) is 0. The fourth-order valence-corrected chi connectivity index (χ4v) is 1.27. The molecule has 1 aromatic heterocycles. The maximum absolute atomic E-state index is 12.7. The first-order valence-corrected chi connectivity index (χ1v) is 4.33. The molecular weight excluding hydrogens is 207 g/mol. The van der Waals surface area contributed by atoms with Crippen LogP contribution in [0.3, 0.4) is 0 Å². The molecule has 6 heteroatoms. The van der Waals surface area contributed by atoms with Gasteiger partial charge in [0.05, 0.1) is 6.20 Å². The lowest BCUT2D eigenvalue weighted by Crippen LogP contribution is -2.22. The summed E-state index contributed by atoms with van der Waals surface area (Å²) in [6.07, 6.45) is -3.39. The fraction of sp³-hybridized carbons (Fsp3) is 0.556. The Hall–Kier alpha value is -1.33. The lowest BCUT2D eigenvalue weighted by molar-refractivity contribution is -0.138. The predicted octanol–water partition coefficient (Wildman–Crippen LogP) is 2.38. The van der Waals surface area contributed by atoms with Crippen LogP contribution in [0.25, 0.3) is 0 Å². The highest BCUT2D eigenvalue weighted by molar-refractivity contribution is 5.47. The lowest BCUT2D eigenvalue weighted by atomic mass is 9.85. The number of halogens is 3. The van der Waals surface area contributed by atoms with Gasteiger partial charge in [-0.15, -0.1) is 5.10 Å². The molecule has 2 N–H and O–H groups in total. The van der Waals surface area contributed by atoms with Gasteiger partial charge in [-0.3, -0.25) is 0 Å². The first kappa shape index (κ1) is 11.7. The van der Waals surface area contributed by atoms with Crippen LogP contribution < -0.4 is 5.73 Å². The van der Waals surface area contributed by atoms with Crippen molar-refractivity contribution in [2.24, 2.45) is 0 Å². The van der Waals surface area contributed by atoms with Gasteiger partial charge in [0, 0.05) is 0 Å². The zero-order chi connectivity index (χ0) is 11.9. The molecule has 0 saturated carbocycles. The predicted molar refractivity (Wildman–Crippen MR) is 50.1 cm³/mol. The molecule has 1 rings (SSSR count). The fourth-order valence-electron chi connectivity index (χ4n) is 1.27. The van der Waals surface area contributed by atoms with E-state index >= 15 is 0 Å². The molecule has 0 aromatic carbocycles. The van der Waals surface area contributed by atoms with Crippen LogP contribution in [0.15, 0.2) is 6.20 Å². The smallest absolute Gasteiger partial charge is 0.382 e. The van der Waals surface area contributed by atoms with Crippen LogP contribution in [-0.4, -0.2) is 10.2 Å². The van der Waals surface area contributed by atoms with E-state index in [4.69, 9.17) is 5.73 Å². The molecule has 0 spiro atoms. The van der Waals surface area contributed by atoms with Crippen LogP contribution in [0.5, 0.6) is 0 Å². The van der Waals surface area contributed by atoms with Gasteiger partial charge in [-0.25, -0.2) is 0 Å². The van der Waals surface area contributed by atoms with E-state index in [1.165, 1.54) is 0 Å². The van der Waals surface area contributed by atoms with Gasteiger partial charge in [-0.05, 0) is 11.0 Å². The van der Waals surface area contributed by atoms with Crippen LogP contribution in [0.2, 0.25) is 0 Å². The number of nitrogen functional groups attached to an aromatic ring is 1. The van der Waals surface area contributed by atoms with Gasteiger partial charge in [-0.2, -0.15) is 18.3 Å². The van der Waals surface area contributed by atoms with Crippen molar-refractivity contribution < 1.29 is 13.2 Å². The van der Waals surface area contributed by atoms with Crippen molar-refractivity contribution in [1.82, 2.24) is 10.2 Å². The van der Waals surface area contributed by atoms with Gasteiger partial charge in [-0.1, -0.05) is 20.8 Å². The van der Waals surface area contributed by atoms with Gasteiger partial charge in [0.15, 0.2) is 5.82 Å². The number of rotatable bonds is 0. The number of nitrogens with two attached hydrogens (primary N) is 1. The third-order valence-electron chi connectivity index (χ3n) is 1.97. The van der Waals surface area contributed by atoms with Crippen molar-refractivity contribution in [3.8, 4) is 0 Å². The van der Waals surface area contributed by atoms with Gasteiger partial charge < -0.3 is 5.73 Å². The molecule has 0 atom stereocenters. The number of hydrogen-bond acceptors (Lipinski definition) is 3. The molecule has 1 heterocycles. The molecule has 1 aromatic rings. The van der Waals surface area contributed by atoms with E-state index in [0.717, 1.165) is 6.20 Å². The average molecular weight is 219 g/mol. The summed E-state index contributed by atoms with van der Waals surface area (Å²) in [5.41, 5.74) is 3.71. The monoisotopic (exact) mass is 219 g/mol. The van der Waals surface area contributed by atoms with E-state index in [1.807, 2.05) is 0 Å². The molecule has 0 aliphatic heterocycles. The molecule has 0 saturated heterocycles. The normalized spacial score (nSPS) is 12.9. The SMILES string of the molecule is CC(C)(C)c1cnnc(N)c1C(F)(F)F. The minimum absolute atomic E-state index is 0.0579. The molecular formula is C9H12F3N3. The third kappa shape index (κ3) is 2.37. The highest BCUT2D eigenvalue weighted by Crippen LogP contribution is 2.39. The zero-order valence-electron chi connectivity index (χ0n) is 8.68. The Labute approximate surface area is 85.5 Å². The number of anilines is 1. The summed E-state index contributed by atoms with van der Waals surface area (Å²) in [6.45, 7) is 5.00. The standard InChI is InChI=1S/C9H12F3N3/c1-8(2,3)5-4-14-15-7(13)6(5)9(10,11)12/h4H,1-3H3,(H2,13,15). The van der Waals surface area contributed by atoms with Crippen molar-refractivity contribution in [2.75, 3.05) is 5.73 Å². The molecule has 0 amide bonds. The molecule has 0 aliphatic carbocycles. The maximum atomic E-state index is 12.7. The molecule has 0 radical (unpaired) electrons. The Morgan fingerprint density at radius 3 is 2.07 bits per heavy atom. The first-order chi connectivity index (χ1) is 6.64. The molecule has 0 fully saturated rings. The average Bonchev–Trinajstić information content (AvgIpc) is 1.99. The molecule has 0 unspecified atom stereocenters. The quantitative estimate of drug-likeness (QED) is 0.728. The Morgan fingerprint density at radius 1 is 1.20 bits per heavy atom. The third-order valence-corrected chi connectivity index (χ3v) is 1.97. The molecule has 0 aliphatic rings. The summed E-state index contributed by atoms with van der Waals surface area (Å²) in [5.74, 6) is -0.574. The summed E-state index contributed by atoms with van der Waals surface area (Å²) in [5, 5.41) is 6.68. The van der Waals surface area contributed by atoms with Crippen LogP contribution in [-0.2, 0) is 11.6 Å². The highest BCUT2D eigenvalue weighted by Gasteiger charge is 2.39. The highest BCUT2D eigenvalue weighted by atomic mass is 19.4. The minimum atomic E-state index is -4.50. The van der Waals surface area contributed by atoms with Gasteiger partial charge in [0.1, 0.15) is 5.56 Å². The van der Waals surface area contributed by atoms with Gasteiger partial charge >= 0.3 is 6.18 Å². The van der Waals surface area contributed by atoms with Crippen LogP contribution in [0.4, 0.5) is 19.0 Å². The molecule has 3 nitrogen and oxygen atoms in total. The summed E-state index contributed by atoms with van der Waals surface area (Å²) in [6, 6.07) is 0. The Kier molecular flexibility index (Phi) is 2.63. The lowest BCUT2D eigenvalue weighted by Gasteiger charge is -2.23.